The van der Waals surface area contributed by atoms with Crippen LogP contribution in [0.15, 0.2) is 70.9 Å². The van der Waals surface area contributed by atoms with Crippen molar-refractivity contribution in [3.8, 4) is 0 Å². The molecule has 1 heterocycles. The summed E-state index contributed by atoms with van der Waals surface area (Å²) < 4.78 is 12.9. The van der Waals surface area contributed by atoms with Gasteiger partial charge in [-0.2, -0.15) is 0 Å². The molecule has 5 nitrogen and oxygen atoms in total. The van der Waals surface area contributed by atoms with Gasteiger partial charge in [-0.3, -0.25) is 14.5 Å². The molecule has 160 valence electrons. The number of benzene rings is 2. The molecule has 2 amide bonds. The highest BCUT2D eigenvalue weighted by Crippen LogP contribution is 2.29. The standard InChI is InChI=1S/C23H22FN3O2S2/c1-17(28)27(20-6-3-2-4-7-20)23-26-19(16-31-23)10-13-22(29)25-14-5-15-30-21-11-8-18(24)9-12-21/h2-4,6-13,16H,5,14-15H2,1H3,(H,25,29)/b13-10+. The first-order valence-electron chi connectivity index (χ1n) is 9.68. The van der Waals surface area contributed by atoms with Gasteiger partial charge in [0.15, 0.2) is 5.13 Å². The fourth-order valence-electron chi connectivity index (χ4n) is 2.68. The highest BCUT2D eigenvalue weighted by molar-refractivity contribution is 7.99. The molecule has 2 aromatic carbocycles. The van der Waals surface area contributed by atoms with Gasteiger partial charge in [0.2, 0.25) is 11.8 Å². The Morgan fingerprint density at radius 1 is 1.16 bits per heavy atom. The average Bonchev–Trinajstić information content (AvgIpc) is 3.22. The van der Waals surface area contributed by atoms with Crippen LogP contribution in [0.3, 0.4) is 0 Å². The van der Waals surface area contributed by atoms with Gasteiger partial charge in [-0.1, -0.05) is 18.2 Å². The van der Waals surface area contributed by atoms with Crippen LogP contribution in [0.5, 0.6) is 0 Å². The molecule has 0 unspecified atom stereocenters. The highest BCUT2D eigenvalue weighted by atomic mass is 32.2. The van der Waals surface area contributed by atoms with E-state index in [-0.39, 0.29) is 17.6 Å². The third kappa shape index (κ3) is 7.04. The molecule has 0 aliphatic heterocycles. The van der Waals surface area contributed by atoms with Crippen molar-refractivity contribution in [1.82, 2.24) is 10.3 Å². The summed E-state index contributed by atoms with van der Waals surface area (Å²) in [6.07, 6.45) is 3.87. The van der Waals surface area contributed by atoms with Gasteiger partial charge in [0, 0.05) is 29.8 Å². The summed E-state index contributed by atoms with van der Waals surface area (Å²) in [7, 11) is 0. The van der Waals surface area contributed by atoms with Gasteiger partial charge in [-0.15, -0.1) is 23.1 Å². The Labute approximate surface area is 189 Å². The molecule has 8 heteroatoms. The van der Waals surface area contributed by atoms with Gasteiger partial charge >= 0.3 is 0 Å². The van der Waals surface area contributed by atoms with Crippen LogP contribution in [-0.4, -0.2) is 29.1 Å². The highest BCUT2D eigenvalue weighted by Gasteiger charge is 2.17. The van der Waals surface area contributed by atoms with Crippen LogP contribution in [-0.2, 0) is 9.59 Å². The second kappa shape index (κ2) is 11.4. The molecular formula is C23H22FN3O2S2. The number of anilines is 2. The summed E-state index contributed by atoms with van der Waals surface area (Å²) in [4.78, 5) is 31.1. The third-order valence-corrected chi connectivity index (χ3v) is 6.08. The van der Waals surface area contributed by atoms with Crippen LogP contribution in [0.1, 0.15) is 19.0 Å². The number of amides is 2. The van der Waals surface area contributed by atoms with Gasteiger partial charge in [-0.25, -0.2) is 9.37 Å². The van der Waals surface area contributed by atoms with Gasteiger partial charge in [0.25, 0.3) is 0 Å². The second-order valence-electron chi connectivity index (χ2n) is 6.53. The third-order valence-electron chi connectivity index (χ3n) is 4.14. The fourth-order valence-corrected chi connectivity index (χ4v) is 4.39. The summed E-state index contributed by atoms with van der Waals surface area (Å²) >= 11 is 2.96. The van der Waals surface area contributed by atoms with E-state index < -0.39 is 0 Å². The Hall–Kier alpha value is -2.97. The molecule has 1 aromatic heterocycles. The van der Waals surface area contributed by atoms with E-state index in [2.05, 4.69) is 10.3 Å². The summed E-state index contributed by atoms with van der Waals surface area (Å²) in [5, 5.41) is 5.19. The summed E-state index contributed by atoms with van der Waals surface area (Å²) in [6.45, 7) is 2.04. The predicted molar refractivity (Wildman–Crippen MR) is 125 cm³/mol. The summed E-state index contributed by atoms with van der Waals surface area (Å²) in [5.41, 5.74) is 1.36. The van der Waals surface area contributed by atoms with Crippen molar-refractivity contribution in [1.29, 1.82) is 0 Å². The van der Waals surface area contributed by atoms with Crippen LogP contribution >= 0.6 is 23.1 Å². The quantitative estimate of drug-likeness (QED) is 0.271. The molecule has 31 heavy (non-hydrogen) atoms. The van der Waals surface area contributed by atoms with Crippen molar-refractivity contribution in [2.75, 3.05) is 17.2 Å². The number of thiazole rings is 1. The number of carbonyl (C=O) groups is 2. The Balaban J connectivity index is 1.46. The normalized spacial score (nSPS) is 10.9. The number of rotatable bonds is 9. The molecule has 1 N–H and O–H groups in total. The molecule has 0 fully saturated rings. The van der Waals surface area contributed by atoms with E-state index in [1.807, 2.05) is 30.3 Å². The Bertz CT molecular complexity index is 1040. The molecule has 0 spiro atoms. The van der Waals surface area contributed by atoms with E-state index in [1.54, 1.807) is 40.3 Å². The zero-order valence-corrected chi connectivity index (χ0v) is 18.6. The number of para-hydroxylation sites is 1. The van der Waals surface area contributed by atoms with E-state index in [1.165, 1.54) is 36.5 Å². The van der Waals surface area contributed by atoms with E-state index in [9.17, 15) is 14.0 Å². The van der Waals surface area contributed by atoms with Crippen molar-refractivity contribution in [2.45, 2.75) is 18.2 Å². The van der Waals surface area contributed by atoms with Crippen LogP contribution < -0.4 is 10.2 Å². The van der Waals surface area contributed by atoms with Crippen molar-refractivity contribution in [2.24, 2.45) is 0 Å². The second-order valence-corrected chi connectivity index (χ2v) is 8.53. The van der Waals surface area contributed by atoms with Crippen LogP contribution in [0.2, 0.25) is 0 Å². The molecule has 0 atom stereocenters. The number of aromatic nitrogens is 1. The van der Waals surface area contributed by atoms with Gasteiger partial charge in [0.05, 0.1) is 11.4 Å². The lowest BCUT2D eigenvalue weighted by atomic mass is 10.3. The number of hydrogen-bond donors (Lipinski definition) is 1. The van der Waals surface area contributed by atoms with Gasteiger partial charge in [0.1, 0.15) is 5.82 Å². The van der Waals surface area contributed by atoms with Gasteiger partial charge < -0.3 is 5.32 Å². The molecule has 0 bridgehead atoms. The van der Waals surface area contributed by atoms with E-state index in [0.717, 1.165) is 22.8 Å². The van der Waals surface area contributed by atoms with Crippen molar-refractivity contribution in [3.05, 3.63) is 77.6 Å². The number of carbonyl (C=O) groups excluding carboxylic acids is 2. The van der Waals surface area contributed by atoms with Crippen LogP contribution in [0.25, 0.3) is 6.08 Å². The maximum absolute atomic E-state index is 12.9. The smallest absolute Gasteiger partial charge is 0.244 e. The van der Waals surface area contributed by atoms with Crippen molar-refractivity contribution in [3.63, 3.8) is 0 Å². The lowest BCUT2D eigenvalue weighted by Crippen LogP contribution is -2.22. The zero-order valence-electron chi connectivity index (χ0n) is 17.0. The number of thioether (sulfide) groups is 1. The molecular weight excluding hydrogens is 433 g/mol. The Kier molecular flexibility index (Phi) is 8.37. The van der Waals surface area contributed by atoms with Crippen LogP contribution in [0, 0.1) is 5.82 Å². The molecule has 0 aliphatic carbocycles. The van der Waals surface area contributed by atoms with Crippen molar-refractivity contribution < 1.29 is 14.0 Å². The zero-order chi connectivity index (χ0) is 22.1. The first kappa shape index (κ1) is 22.7. The summed E-state index contributed by atoms with van der Waals surface area (Å²) in [5.74, 6) is 0.246. The van der Waals surface area contributed by atoms with Crippen molar-refractivity contribution >= 4 is 51.8 Å². The SMILES string of the molecule is CC(=O)N(c1ccccc1)c1nc(/C=C/C(=O)NCCCSc2ccc(F)cc2)cs1. The van der Waals surface area contributed by atoms with E-state index in [0.29, 0.717) is 17.4 Å². The largest absolute Gasteiger partial charge is 0.353 e. The Morgan fingerprint density at radius 2 is 1.90 bits per heavy atom. The van der Waals surface area contributed by atoms with E-state index in [4.69, 9.17) is 0 Å². The summed E-state index contributed by atoms with van der Waals surface area (Å²) in [6, 6.07) is 15.7. The lowest BCUT2D eigenvalue weighted by Gasteiger charge is -2.17. The molecule has 0 aliphatic rings. The maximum atomic E-state index is 12.9. The first-order valence-corrected chi connectivity index (χ1v) is 11.5. The Morgan fingerprint density at radius 3 is 2.61 bits per heavy atom. The minimum atomic E-state index is -0.246. The molecule has 3 aromatic rings. The topological polar surface area (TPSA) is 62.3 Å². The van der Waals surface area contributed by atoms with Crippen LogP contribution in [0.4, 0.5) is 15.2 Å². The molecule has 0 radical (unpaired) electrons. The molecule has 3 rings (SSSR count). The molecule has 0 saturated carbocycles. The predicted octanol–water partition coefficient (Wildman–Crippen LogP) is 5.28. The minimum Gasteiger partial charge on any atom is -0.353 e. The van der Waals surface area contributed by atoms with E-state index >= 15 is 0 Å². The molecule has 0 saturated heterocycles. The lowest BCUT2D eigenvalue weighted by molar-refractivity contribution is -0.117. The fraction of sp³-hybridized carbons (Fsp3) is 0.174. The number of halogens is 1. The number of hydrogen-bond acceptors (Lipinski definition) is 5. The number of nitrogens with zero attached hydrogens (tertiary/aromatic N) is 2. The number of nitrogens with one attached hydrogen (secondary N) is 1. The average molecular weight is 456 g/mol. The minimum absolute atomic E-state index is 0.132. The first-order chi connectivity index (χ1) is 15.0. The van der Waals surface area contributed by atoms with Gasteiger partial charge in [-0.05, 0) is 54.6 Å². The maximum Gasteiger partial charge on any atom is 0.244 e. The monoisotopic (exact) mass is 455 g/mol.